The second-order valence-corrected chi connectivity index (χ2v) is 14.1. The smallest absolute Gasteiger partial charge is 0.231 e. The Labute approximate surface area is 281 Å². The summed E-state index contributed by atoms with van der Waals surface area (Å²) in [5, 5.41) is 4.09. The SMILES string of the molecule is C=NC1=C(/C(=N\COCC2(C)CCCN2CCC)N2CCCC(c3nc(C)no3)C2)CCN(C2=CCCCc3cccc(CC)c32)C1. The van der Waals surface area contributed by atoms with E-state index in [1.54, 1.807) is 0 Å². The third-order valence-electron chi connectivity index (χ3n) is 10.7. The second-order valence-electron chi connectivity index (χ2n) is 14.1. The zero-order valence-corrected chi connectivity index (χ0v) is 29.3. The maximum atomic E-state index is 6.40. The first-order valence-electron chi connectivity index (χ1n) is 18.1. The highest BCUT2D eigenvalue weighted by atomic mass is 16.5. The molecule has 1 aliphatic carbocycles. The Bertz CT molecular complexity index is 1490. The molecule has 2 fully saturated rings. The van der Waals surface area contributed by atoms with Crippen molar-refractivity contribution in [3.05, 3.63) is 64.0 Å². The van der Waals surface area contributed by atoms with Crippen LogP contribution in [-0.2, 0) is 17.6 Å². The molecule has 0 radical (unpaired) electrons. The first kappa shape index (κ1) is 33.6. The van der Waals surface area contributed by atoms with Gasteiger partial charge in [-0.15, -0.1) is 0 Å². The molecule has 4 aliphatic rings. The number of likely N-dealkylation sites (tertiary alicyclic amines) is 2. The number of aromatic nitrogens is 2. The van der Waals surface area contributed by atoms with Crippen LogP contribution < -0.4 is 0 Å². The maximum absolute atomic E-state index is 6.40. The number of piperidine rings is 1. The van der Waals surface area contributed by atoms with Crippen molar-refractivity contribution in [3.63, 3.8) is 0 Å². The number of hydrogen-bond donors (Lipinski definition) is 0. The Morgan fingerprint density at radius 1 is 1.15 bits per heavy atom. The molecule has 0 bridgehead atoms. The minimum atomic E-state index is 0.0796. The Morgan fingerprint density at radius 2 is 2.04 bits per heavy atom. The molecule has 0 spiro atoms. The van der Waals surface area contributed by atoms with Gasteiger partial charge in [0.2, 0.25) is 5.89 Å². The second kappa shape index (κ2) is 15.3. The number of aliphatic imine (C=N–C) groups is 2. The van der Waals surface area contributed by atoms with Crippen LogP contribution >= 0.6 is 0 Å². The summed E-state index contributed by atoms with van der Waals surface area (Å²) in [7, 11) is 0. The van der Waals surface area contributed by atoms with Crippen molar-refractivity contribution in [2.24, 2.45) is 9.98 Å². The van der Waals surface area contributed by atoms with Gasteiger partial charge >= 0.3 is 0 Å². The molecule has 2 aromatic rings. The van der Waals surface area contributed by atoms with Crippen molar-refractivity contribution in [3.8, 4) is 0 Å². The quantitative estimate of drug-likeness (QED) is 0.152. The minimum absolute atomic E-state index is 0.0796. The van der Waals surface area contributed by atoms with Crippen molar-refractivity contribution in [1.29, 1.82) is 0 Å². The first-order valence-corrected chi connectivity index (χ1v) is 18.1. The van der Waals surface area contributed by atoms with E-state index in [-0.39, 0.29) is 11.5 Å². The lowest BCUT2D eigenvalue weighted by molar-refractivity contribution is 0.0273. The van der Waals surface area contributed by atoms with E-state index in [4.69, 9.17) is 14.3 Å². The van der Waals surface area contributed by atoms with Crippen LogP contribution in [-0.4, -0.2) is 95.5 Å². The molecular formula is C38H55N7O2. The van der Waals surface area contributed by atoms with Crippen LogP contribution in [0.3, 0.4) is 0 Å². The summed E-state index contributed by atoms with van der Waals surface area (Å²) in [6.45, 7) is 19.5. The molecule has 2 saturated heterocycles. The lowest BCUT2D eigenvalue weighted by Gasteiger charge is -2.38. The average Bonchev–Trinajstić information content (AvgIpc) is 3.62. The van der Waals surface area contributed by atoms with Gasteiger partial charge in [-0.25, -0.2) is 4.99 Å². The molecule has 2 atom stereocenters. The number of hydrogen-bond acceptors (Lipinski definition) is 8. The molecule has 3 aliphatic heterocycles. The van der Waals surface area contributed by atoms with E-state index in [9.17, 15) is 0 Å². The Balaban J connectivity index is 1.27. The predicted octanol–water partition coefficient (Wildman–Crippen LogP) is 6.79. The van der Waals surface area contributed by atoms with Gasteiger partial charge in [0, 0.05) is 42.0 Å². The summed E-state index contributed by atoms with van der Waals surface area (Å²) < 4.78 is 12.0. The van der Waals surface area contributed by atoms with Gasteiger partial charge in [-0.2, -0.15) is 4.98 Å². The zero-order chi connectivity index (χ0) is 32.8. The zero-order valence-electron chi connectivity index (χ0n) is 29.3. The lowest BCUT2D eigenvalue weighted by atomic mass is 9.93. The number of rotatable bonds is 11. The summed E-state index contributed by atoms with van der Waals surface area (Å²) in [6.07, 6.45) is 13.4. The van der Waals surface area contributed by atoms with Gasteiger partial charge in [-0.3, -0.25) is 9.89 Å². The number of allylic oxidation sites excluding steroid dienone is 1. The summed E-state index contributed by atoms with van der Waals surface area (Å²) in [4.78, 5) is 22.1. The monoisotopic (exact) mass is 641 g/mol. The van der Waals surface area contributed by atoms with Crippen molar-refractivity contribution in [2.45, 2.75) is 103 Å². The average molecular weight is 642 g/mol. The van der Waals surface area contributed by atoms with Crippen molar-refractivity contribution < 1.29 is 9.26 Å². The van der Waals surface area contributed by atoms with E-state index in [1.165, 1.54) is 53.6 Å². The molecule has 1 aromatic carbocycles. The van der Waals surface area contributed by atoms with Crippen molar-refractivity contribution in [1.82, 2.24) is 24.8 Å². The normalized spacial score (nSPS) is 24.4. The Hall–Kier alpha value is -3.30. The Morgan fingerprint density at radius 3 is 2.83 bits per heavy atom. The summed E-state index contributed by atoms with van der Waals surface area (Å²) in [6, 6.07) is 6.85. The molecule has 47 heavy (non-hydrogen) atoms. The molecule has 254 valence electrons. The fourth-order valence-electron chi connectivity index (χ4n) is 8.25. The van der Waals surface area contributed by atoms with Gasteiger partial charge in [-0.05, 0) is 109 Å². The van der Waals surface area contributed by atoms with Gasteiger partial charge in [0.05, 0.1) is 24.8 Å². The number of amidine groups is 1. The summed E-state index contributed by atoms with van der Waals surface area (Å²) in [5.41, 5.74) is 8.00. The van der Waals surface area contributed by atoms with Crippen LogP contribution in [0.2, 0.25) is 0 Å². The fraction of sp³-hybridized carbons (Fsp3) is 0.632. The van der Waals surface area contributed by atoms with Crippen LogP contribution in [0.15, 0.2) is 50.1 Å². The highest BCUT2D eigenvalue weighted by molar-refractivity contribution is 5.99. The number of benzene rings is 1. The van der Waals surface area contributed by atoms with Gasteiger partial charge in [-0.1, -0.05) is 43.3 Å². The third-order valence-corrected chi connectivity index (χ3v) is 10.7. The molecule has 0 amide bonds. The standard InChI is InChI=1S/C38H55N7O2/c1-6-20-45-22-12-19-38(45,4)26-46-27-40-36(44-21-11-16-31(24-44)37-41-28(3)42-47-37)32-18-23-43(25-33(32)39-5)34-17-9-8-13-30-15-10-14-29(7-2)35(30)34/h10,14-15,17,31H,5-9,11-13,16,18-27H2,1-4H3/b40-36+. The largest absolute Gasteiger partial charge is 0.365 e. The minimum Gasteiger partial charge on any atom is -0.365 e. The van der Waals surface area contributed by atoms with E-state index < -0.39 is 0 Å². The van der Waals surface area contributed by atoms with E-state index in [0.717, 1.165) is 95.2 Å². The van der Waals surface area contributed by atoms with Crippen molar-refractivity contribution >= 4 is 18.3 Å². The van der Waals surface area contributed by atoms with Crippen LogP contribution in [0.5, 0.6) is 0 Å². The molecule has 6 rings (SSSR count). The number of ether oxygens (including phenoxy) is 1. The van der Waals surface area contributed by atoms with Gasteiger partial charge in [0.15, 0.2) is 5.82 Å². The molecule has 2 unspecified atom stereocenters. The molecule has 9 nitrogen and oxygen atoms in total. The van der Waals surface area contributed by atoms with E-state index >= 15 is 0 Å². The van der Waals surface area contributed by atoms with Crippen LogP contribution in [0, 0.1) is 6.92 Å². The first-order chi connectivity index (χ1) is 22.9. The highest BCUT2D eigenvalue weighted by Gasteiger charge is 2.36. The number of fused-ring (bicyclic) bond motifs is 1. The number of nitrogens with zero attached hydrogens (tertiary/aromatic N) is 7. The van der Waals surface area contributed by atoms with E-state index in [1.807, 2.05) is 6.92 Å². The summed E-state index contributed by atoms with van der Waals surface area (Å²) in [5.74, 6) is 2.59. The molecule has 0 N–H and O–H groups in total. The van der Waals surface area contributed by atoms with E-state index in [2.05, 4.69) is 81.6 Å². The third kappa shape index (κ3) is 7.41. The fourth-order valence-corrected chi connectivity index (χ4v) is 8.25. The molecular weight excluding hydrogens is 586 g/mol. The van der Waals surface area contributed by atoms with E-state index in [0.29, 0.717) is 19.2 Å². The van der Waals surface area contributed by atoms with Crippen LogP contribution in [0.4, 0.5) is 0 Å². The Kier molecular flexibility index (Phi) is 10.9. The van der Waals surface area contributed by atoms with Crippen LogP contribution in [0.1, 0.15) is 106 Å². The topological polar surface area (TPSA) is 82.6 Å². The van der Waals surface area contributed by atoms with Crippen molar-refractivity contribution in [2.75, 3.05) is 52.6 Å². The lowest BCUT2D eigenvalue weighted by Crippen LogP contribution is -2.45. The van der Waals surface area contributed by atoms with Gasteiger partial charge in [0.25, 0.3) is 0 Å². The molecule has 0 saturated carbocycles. The molecule has 4 heterocycles. The molecule has 9 heteroatoms. The maximum Gasteiger partial charge on any atom is 0.231 e. The van der Waals surface area contributed by atoms with Gasteiger partial charge < -0.3 is 19.1 Å². The summed E-state index contributed by atoms with van der Waals surface area (Å²) >= 11 is 0. The van der Waals surface area contributed by atoms with Gasteiger partial charge in [0.1, 0.15) is 12.6 Å². The highest BCUT2D eigenvalue weighted by Crippen LogP contribution is 2.36. The molecule has 1 aromatic heterocycles. The predicted molar refractivity (Wildman–Crippen MR) is 190 cm³/mol. The number of aryl methyl sites for hydroxylation is 3. The van der Waals surface area contributed by atoms with Crippen LogP contribution in [0.25, 0.3) is 5.70 Å².